The molecule has 3 heterocycles. The molecule has 31 heavy (non-hydrogen) atoms. The zero-order chi connectivity index (χ0) is 22.0. The van der Waals surface area contributed by atoms with Crippen LogP contribution in [0.5, 0.6) is 5.75 Å². The number of nitrogens with one attached hydrogen (secondary N) is 2. The molecule has 0 bridgehead atoms. The summed E-state index contributed by atoms with van der Waals surface area (Å²) >= 11 is 0. The first-order valence-electron chi connectivity index (χ1n) is 9.76. The van der Waals surface area contributed by atoms with Gasteiger partial charge in [0.15, 0.2) is 5.65 Å². The van der Waals surface area contributed by atoms with Gasteiger partial charge in [-0.15, -0.1) is 0 Å². The Balaban J connectivity index is 1.70. The largest absolute Gasteiger partial charge is 0.493 e. The molecule has 0 atom stereocenters. The summed E-state index contributed by atoms with van der Waals surface area (Å²) in [6, 6.07) is 10.8. The van der Waals surface area contributed by atoms with Gasteiger partial charge in [0.05, 0.1) is 35.8 Å². The molecule has 0 radical (unpaired) electrons. The summed E-state index contributed by atoms with van der Waals surface area (Å²) in [5.41, 5.74) is 3.71. The topological polar surface area (TPSA) is 125 Å². The molecule has 4 N–H and O–H groups in total. The molecule has 4 aromatic rings. The maximum absolute atomic E-state index is 12.6. The minimum atomic E-state index is -0.782. The van der Waals surface area contributed by atoms with Gasteiger partial charge in [0.1, 0.15) is 11.6 Å². The van der Waals surface area contributed by atoms with Crippen molar-refractivity contribution in [2.24, 2.45) is 0 Å². The number of ether oxygens (including phenoxy) is 1. The molecule has 0 fully saturated rings. The van der Waals surface area contributed by atoms with E-state index in [1.165, 1.54) is 6.33 Å². The van der Waals surface area contributed by atoms with Crippen LogP contribution in [0.25, 0.3) is 27.8 Å². The minimum absolute atomic E-state index is 0.245. The number of rotatable bonds is 7. The Morgan fingerprint density at radius 2 is 1.94 bits per heavy atom. The average molecular weight is 421 g/mol. The van der Waals surface area contributed by atoms with Gasteiger partial charge in [0.25, 0.3) is 5.56 Å². The van der Waals surface area contributed by atoms with E-state index in [2.05, 4.69) is 15.0 Å². The Bertz CT molecular complexity index is 1240. The molecule has 0 saturated heterocycles. The molecule has 0 spiro atoms. The van der Waals surface area contributed by atoms with Crippen molar-refractivity contribution in [3.8, 4) is 22.6 Å². The van der Waals surface area contributed by atoms with Gasteiger partial charge in [0, 0.05) is 18.2 Å². The molecule has 160 valence electrons. The summed E-state index contributed by atoms with van der Waals surface area (Å²) in [6.07, 6.45) is 5.29. The maximum Gasteiger partial charge on any atom is 0.260 e. The van der Waals surface area contributed by atoms with E-state index >= 15 is 0 Å². The van der Waals surface area contributed by atoms with Gasteiger partial charge in [-0.2, -0.15) is 0 Å². The first kappa shape index (κ1) is 20.6. The van der Waals surface area contributed by atoms with Crippen LogP contribution in [0.1, 0.15) is 20.3 Å². The van der Waals surface area contributed by atoms with Crippen LogP contribution in [0.15, 0.2) is 59.9 Å². The van der Waals surface area contributed by atoms with Crippen molar-refractivity contribution in [2.45, 2.75) is 25.9 Å². The van der Waals surface area contributed by atoms with Gasteiger partial charge in [-0.1, -0.05) is 12.1 Å². The normalized spacial score (nSPS) is 11.6. The van der Waals surface area contributed by atoms with E-state index in [0.717, 1.165) is 11.1 Å². The van der Waals surface area contributed by atoms with Crippen LogP contribution in [0.4, 0.5) is 5.82 Å². The molecule has 9 heteroatoms. The van der Waals surface area contributed by atoms with Crippen molar-refractivity contribution in [1.82, 2.24) is 19.5 Å². The fourth-order valence-corrected chi connectivity index (χ4v) is 3.23. The van der Waals surface area contributed by atoms with Crippen molar-refractivity contribution in [3.05, 3.63) is 65.5 Å². The summed E-state index contributed by atoms with van der Waals surface area (Å²) in [7, 11) is 0. The first-order chi connectivity index (χ1) is 14.9. The Morgan fingerprint density at radius 1 is 1.16 bits per heavy atom. The lowest BCUT2D eigenvalue weighted by atomic mass is 10.1. The smallest absolute Gasteiger partial charge is 0.260 e. The van der Waals surface area contributed by atoms with Crippen molar-refractivity contribution >= 4 is 16.9 Å². The number of aliphatic hydroxyl groups is 1. The van der Waals surface area contributed by atoms with Gasteiger partial charge in [0.2, 0.25) is 0 Å². The number of pyridine rings is 1. The monoisotopic (exact) mass is 421 g/mol. The summed E-state index contributed by atoms with van der Waals surface area (Å²) in [6.45, 7) is 3.88. The average Bonchev–Trinajstić information content (AvgIpc) is 3.14. The second kappa shape index (κ2) is 8.21. The quantitative estimate of drug-likeness (QED) is 0.338. The van der Waals surface area contributed by atoms with Crippen LogP contribution in [-0.4, -0.2) is 42.0 Å². The third-order valence-corrected chi connectivity index (χ3v) is 4.88. The Morgan fingerprint density at radius 3 is 2.58 bits per heavy atom. The number of hydrogen-bond donors (Lipinski definition) is 4. The van der Waals surface area contributed by atoms with Crippen LogP contribution in [-0.2, 0) is 0 Å². The lowest BCUT2D eigenvalue weighted by Gasteiger charge is -2.17. The number of H-pyrrole nitrogens is 1. The molecule has 0 aliphatic heterocycles. The Labute approximate surface area is 177 Å². The number of aromatic nitrogens is 4. The van der Waals surface area contributed by atoms with Gasteiger partial charge in [-0.25, -0.2) is 9.97 Å². The zero-order valence-electron chi connectivity index (χ0n) is 17.2. The van der Waals surface area contributed by atoms with Crippen molar-refractivity contribution < 1.29 is 15.1 Å². The van der Waals surface area contributed by atoms with Gasteiger partial charge in [-0.3, -0.25) is 20.0 Å². The van der Waals surface area contributed by atoms with Crippen LogP contribution in [0.3, 0.4) is 0 Å². The highest BCUT2D eigenvalue weighted by atomic mass is 16.5. The van der Waals surface area contributed by atoms with E-state index < -0.39 is 5.60 Å². The number of nitrogens with zero attached hydrogens (tertiary/aromatic N) is 3. The molecule has 9 nitrogen and oxygen atoms in total. The van der Waals surface area contributed by atoms with Crippen LogP contribution in [0, 0.1) is 0 Å². The second-order valence-corrected chi connectivity index (χ2v) is 7.79. The van der Waals surface area contributed by atoms with E-state index in [4.69, 9.17) is 9.94 Å². The highest BCUT2D eigenvalue weighted by Gasteiger charge is 2.16. The standard InChI is InChI=1S/C22H23N5O4/c1-22(2,29)9-10-31-16-6-3-14(4-7-16)17-12-27(15-5-8-18(26-30)23-11-15)20-19(17)21(28)25-13-24-20/h3-8,11-13,29-30H,9-10H2,1-2H3,(H,23,26)(H,24,25,28). The predicted molar refractivity (Wildman–Crippen MR) is 117 cm³/mol. The molecule has 0 saturated carbocycles. The van der Waals surface area contributed by atoms with E-state index in [1.54, 1.807) is 36.7 Å². The first-order valence-corrected chi connectivity index (χ1v) is 9.76. The lowest BCUT2D eigenvalue weighted by molar-refractivity contribution is 0.0553. The summed E-state index contributed by atoms with van der Waals surface area (Å²) in [5, 5.41) is 19.2. The third-order valence-electron chi connectivity index (χ3n) is 4.88. The van der Waals surface area contributed by atoms with Crippen molar-refractivity contribution in [2.75, 3.05) is 12.1 Å². The van der Waals surface area contributed by atoms with Gasteiger partial charge >= 0.3 is 0 Å². The van der Waals surface area contributed by atoms with Crippen molar-refractivity contribution in [1.29, 1.82) is 0 Å². The number of benzene rings is 1. The fourth-order valence-electron chi connectivity index (χ4n) is 3.23. The minimum Gasteiger partial charge on any atom is -0.493 e. The molecule has 0 aliphatic rings. The molecular formula is C22H23N5O4. The number of hydrogen-bond acceptors (Lipinski definition) is 7. The van der Waals surface area contributed by atoms with Gasteiger partial charge in [-0.05, 0) is 43.7 Å². The van der Waals surface area contributed by atoms with E-state index in [-0.39, 0.29) is 5.56 Å². The summed E-state index contributed by atoms with van der Waals surface area (Å²) in [4.78, 5) is 23.7. The molecule has 1 aromatic carbocycles. The zero-order valence-corrected chi connectivity index (χ0v) is 17.2. The maximum atomic E-state index is 12.6. The Kier molecular flexibility index (Phi) is 5.45. The SMILES string of the molecule is CC(C)(O)CCOc1ccc(-c2cn(-c3ccc(NO)nc3)c3nc[nH]c(=O)c23)cc1. The number of fused-ring (bicyclic) bond motifs is 1. The van der Waals surface area contributed by atoms with Crippen LogP contribution >= 0.6 is 0 Å². The molecule has 0 unspecified atom stereocenters. The summed E-state index contributed by atoms with van der Waals surface area (Å²) in [5.74, 6) is 0.992. The molecule has 0 aliphatic carbocycles. The van der Waals surface area contributed by atoms with Crippen LogP contribution < -0.4 is 15.8 Å². The third kappa shape index (κ3) is 4.42. The van der Waals surface area contributed by atoms with E-state index in [0.29, 0.717) is 41.3 Å². The van der Waals surface area contributed by atoms with E-state index in [1.807, 2.05) is 35.9 Å². The number of anilines is 1. The van der Waals surface area contributed by atoms with Gasteiger partial charge < -0.3 is 14.8 Å². The molecular weight excluding hydrogens is 398 g/mol. The van der Waals surface area contributed by atoms with Crippen molar-refractivity contribution in [3.63, 3.8) is 0 Å². The highest BCUT2D eigenvalue weighted by Crippen LogP contribution is 2.30. The Hall–Kier alpha value is -3.69. The fraction of sp³-hybridized carbons (Fsp3) is 0.227. The molecule has 4 rings (SSSR count). The lowest BCUT2D eigenvalue weighted by Crippen LogP contribution is -2.21. The number of aromatic amines is 1. The predicted octanol–water partition coefficient (Wildman–Crippen LogP) is 3.12. The highest BCUT2D eigenvalue weighted by molar-refractivity contribution is 5.94. The molecule has 3 aromatic heterocycles. The van der Waals surface area contributed by atoms with E-state index in [9.17, 15) is 9.90 Å². The summed E-state index contributed by atoms with van der Waals surface area (Å²) < 4.78 is 7.48. The van der Waals surface area contributed by atoms with Crippen LogP contribution in [0.2, 0.25) is 0 Å². The second-order valence-electron chi connectivity index (χ2n) is 7.79. The molecule has 0 amide bonds.